The monoisotopic (exact) mass is 928 g/mol. The van der Waals surface area contributed by atoms with Gasteiger partial charge in [0.1, 0.15) is 0 Å². The molecule has 0 unspecified atom stereocenters. The zero-order chi connectivity index (χ0) is 41.8. The molecule has 0 spiro atoms. The van der Waals surface area contributed by atoms with Gasteiger partial charge in [-0.1, -0.05) is 110 Å². The van der Waals surface area contributed by atoms with Crippen LogP contribution >= 0.6 is 0 Å². The molecule has 1 N–H and O–H groups in total. The maximum atomic E-state index is 13.1. The standard InChI is InChI=1S/C34H72O14Si8/c1-16-17-33(34(35)36)25-56-46-53(22-30(10)11)40-50(19-27(4)5)37-49(18-26(2)3)38-51(42-53,20-28(6)7)44-55(48-56,24-32(14)15)45-52(39-49,21-29(8)9)43-54(41-50,47-56)23-31(12)13/h25-32H,16-24H2,1-15H3,(H,35,36). The summed E-state index contributed by atoms with van der Waals surface area (Å²) in [6.45, 7) is 31.4. The minimum atomic E-state index is -4.49. The summed E-state index contributed by atoms with van der Waals surface area (Å²) in [6.07, 6.45) is 0.828. The van der Waals surface area contributed by atoms with E-state index in [1.165, 1.54) is 0 Å². The molecular formula is C34H72O14Si8. The second-order valence-electron chi connectivity index (χ2n) is 19.5. The minimum absolute atomic E-state index is 0.00497. The molecule has 0 aliphatic carbocycles. The lowest BCUT2D eigenvalue weighted by Crippen LogP contribution is -2.88. The van der Waals surface area contributed by atoms with Crippen molar-refractivity contribution in [2.75, 3.05) is 0 Å². The molecule has 0 aromatic carbocycles. The molecule has 6 aliphatic heterocycles. The number of carboxylic acids is 1. The first-order valence-electron chi connectivity index (χ1n) is 21.1. The van der Waals surface area contributed by atoms with Crippen LogP contribution in [0.15, 0.2) is 11.3 Å². The maximum Gasteiger partial charge on any atom is 0.508 e. The molecule has 6 aliphatic rings. The van der Waals surface area contributed by atoms with Crippen LogP contribution < -0.4 is 0 Å². The summed E-state index contributed by atoms with van der Waals surface area (Å²) >= 11 is 0. The number of hydrogen-bond acceptors (Lipinski definition) is 13. The average molecular weight is 930 g/mol. The molecule has 22 heteroatoms. The van der Waals surface area contributed by atoms with Gasteiger partial charge < -0.3 is 54.5 Å². The summed E-state index contributed by atoms with van der Waals surface area (Å²) in [6, 6.07) is 2.65. The van der Waals surface area contributed by atoms with Gasteiger partial charge in [0.05, 0.1) is 0 Å². The molecule has 56 heavy (non-hydrogen) atoms. The van der Waals surface area contributed by atoms with E-state index in [1.54, 1.807) is 5.70 Å². The Balaban J connectivity index is 2.02. The molecule has 6 fully saturated rings. The third-order valence-corrected chi connectivity index (χ3v) is 48.9. The van der Waals surface area contributed by atoms with Crippen LogP contribution in [-0.2, 0) is 54.2 Å². The SMILES string of the molecule is CCCC(=C[Si]12O[Si]3(CC(C)C)O[Si]4(CC(C)C)O[Si](CC(C)C)(O1)O[Si]1(CC(C)C)O[Si](CC(C)C)(O2)O[Si](CC(C)C)(O3)O[Si](CC(C)C)(O4)O1)C(=O)O. The normalized spacial score (nSPS) is 40.0. The van der Waals surface area contributed by atoms with Gasteiger partial charge in [-0.05, 0) is 53.5 Å². The van der Waals surface area contributed by atoms with Crippen molar-refractivity contribution in [3.05, 3.63) is 11.3 Å². The quantitative estimate of drug-likeness (QED) is 0.103. The first-order chi connectivity index (χ1) is 25.8. The first-order valence-corrected chi connectivity index (χ1v) is 36.5. The van der Waals surface area contributed by atoms with Crippen molar-refractivity contribution < 1.29 is 59.3 Å². The Morgan fingerprint density at radius 3 is 0.768 bits per heavy atom. The molecule has 6 saturated heterocycles. The van der Waals surface area contributed by atoms with Crippen LogP contribution in [0.1, 0.15) is 117 Å². The molecule has 14 nitrogen and oxygen atoms in total. The van der Waals surface area contributed by atoms with Crippen molar-refractivity contribution in [1.29, 1.82) is 0 Å². The zero-order valence-electron chi connectivity index (χ0n) is 36.7. The second-order valence-corrected chi connectivity index (χ2v) is 43.2. The highest BCUT2D eigenvalue weighted by atomic mass is 28.6. The van der Waals surface area contributed by atoms with Crippen molar-refractivity contribution >= 4 is 76.4 Å². The molecule has 0 saturated carbocycles. The van der Waals surface area contributed by atoms with Crippen LogP contribution in [0.3, 0.4) is 0 Å². The molecule has 0 radical (unpaired) electrons. The summed E-state index contributed by atoms with van der Waals surface area (Å²) in [7, 11) is -33.0. The Kier molecular flexibility index (Phi) is 14.7. The van der Waals surface area contributed by atoms with Crippen LogP contribution in [0.4, 0.5) is 0 Å². The lowest BCUT2D eigenvalue weighted by atomic mass is 10.2. The Morgan fingerprint density at radius 1 is 0.411 bits per heavy atom. The van der Waals surface area contributed by atoms with E-state index in [9.17, 15) is 9.90 Å². The summed E-state index contributed by atoms with van der Waals surface area (Å²) < 4.78 is 92.1. The molecule has 0 amide bonds. The molecule has 0 aromatic rings. The highest BCUT2D eigenvalue weighted by Gasteiger charge is 2.83. The first kappa shape index (κ1) is 47.5. The Bertz CT molecular complexity index is 1280. The summed E-state index contributed by atoms with van der Waals surface area (Å²) in [5.74, 6) is -0.828. The second kappa shape index (κ2) is 17.3. The smallest absolute Gasteiger partial charge is 0.478 e. The topological polar surface area (TPSA) is 148 Å². The molecule has 6 heterocycles. The van der Waals surface area contributed by atoms with Crippen LogP contribution in [-0.4, -0.2) is 81.5 Å². The average Bonchev–Trinajstić information content (AvgIpc) is 2.89. The van der Waals surface area contributed by atoms with Crippen molar-refractivity contribution in [2.24, 2.45) is 41.4 Å². The molecule has 324 valence electrons. The molecule has 8 bridgehead atoms. The fourth-order valence-corrected chi connectivity index (χ4v) is 59.1. The van der Waals surface area contributed by atoms with Crippen LogP contribution in [0.2, 0.25) is 42.3 Å². The number of carbonyl (C=O) groups is 1. The lowest BCUT2D eigenvalue weighted by molar-refractivity contribution is -0.132. The number of carboxylic acid groups (broad SMARTS) is 1. The lowest BCUT2D eigenvalue weighted by Gasteiger charge is -2.63. The van der Waals surface area contributed by atoms with E-state index in [0.29, 0.717) is 48.7 Å². The number of rotatable bonds is 18. The van der Waals surface area contributed by atoms with E-state index in [1.807, 2.05) is 6.92 Å². The Hall–Kier alpha value is 0.465. The third kappa shape index (κ3) is 10.9. The van der Waals surface area contributed by atoms with Gasteiger partial charge >= 0.3 is 76.4 Å². The van der Waals surface area contributed by atoms with Gasteiger partial charge in [-0.3, -0.25) is 0 Å². The van der Waals surface area contributed by atoms with E-state index in [-0.39, 0.29) is 53.4 Å². The zero-order valence-corrected chi connectivity index (χ0v) is 44.7. The third-order valence-electron chi connectivity index (χ3n) is 9.45. The largest absolute Gasteiger partial charge is 0.508 e. The predicted molar refractivity (Wildman–Crippen MR) is 227 cm³/mol. The highest BCUT2D eigenvalue weighted by molar-refractivity contribution is 7.04. The van der Waals surface area contributed by atoms with Gasteiger partial charge in [-0.25, -0.2) is 4.79 Å². The van der Waals surface area contributed by atoms with Gasteiger partial charge in [0.25, 0.3) is 0 Å². The van der Waals surface area contributed by atoms with Crippen LogP contribution in [0.5, 0.6) is 0 Å². The van der Waals surface area contributed by atoms with E-state index in [4.69, 9.17) is 49.4 Å². The van der Waals surface area contributed by atoms with E-state index in [0.717, 1.165) is 0 Å². The van der Waals surface area contributed by atoms with Crippen LogP contribution in [0, 0.1) is 41.4 Å². The van der Waals surface area contributed by atoms with Gasteiger partial charge in [0, 0.05) is 47.9 Å². The Morgan fingerprint density at radius 2 is 0.607 bits per heavy atom. The van der Waals surface area contributed by atoms with Crippen molar-refractivity contribution in [2.45, 2.75) is 159 Å². The van der Waals surface area contributed by atoms with Gasteiger partial charge in [-0.15, -0.1) is 0 Å². The predicted octanol–water partition coefficient (Wildman–Crippen LogP) is 8.71. The summed E-state index contributed by atoms with van der Waals surface area (Å²) in [5.41, 5.74) is 1.70. The molecule has 0 atom stereocenters. The van der Waals surface area contributed by atoms with E-state index < -0.39 is 76.4 Å². The van der Waals surface area contributed by atoms with Crippen molar-refractivity contribution in [3.63, 3.8) is 0 Å². The van der Waals surface area contributed by atoms with Gasteiger partial charge in [-0.2, -0.15) is 0 Å². The number of hydrogen-bond donors (Lipinski definition) is 1. The fourth-order valence-electron chi connectivity index (χ4n) is 8.47. The molecule has 6 rings (SSSR count). The van der Waals surface area contributed by atoms with E-state index >= 15 is 0 Å². The minimum Gasteiger partial charge on any atom is -0.478 e. The molecular weight excluding hydrogens is 857 g/mol. The number of aliphatic carboxylic acids is 1. The van der Waals surface area contributed by atoms with Crippen molar-refractivity contribution in [3.8, 4) is 0 Å². The van der Waals surface area contributed by atoms with Gasteiger partial charge in [0.15, 0.2) is 0 Å². The van der Waals surface area contributed by atoms with E-state index in [2.05, 4.69) is 96.9 Å². The molecule has 0 aromatic heterocycles. The van der Waals surface area contributed by atoms with Crippen LogP contribution in [0.25, 0.3) is 0 Å². The maximum absolute atomic E-state index is 13.1. The Labute approximate surface area is 345 Å². The van der Waals surface area contributed by atoms with Crippen molar-refractivity contribution in [1.82, 2.24) is 0 Å². The summed E-state index contributed by atoms with van der Waals surface area (Å²) in [5, 5.41) is 10.7. The fraction of sp³-hybridized carbons (Fsp3) is 0.912. The highest BCUT2D eigenvalue weighted by Crippen LogP contribution is 2.55. The summed E-state index contributed by atoms with van der Waals surface area (Å²) in [4.78, 5) is 13.1. The van der Waals surface area contributed by atoms with Gasteiger partial charge in [0.2, 0.25) is 0 Å².